The number of imide groups is 1. The summed E-state index contributed by atoms with van der Waals surface area (Å²) in [6.07, 6.45) is -3.07. The monoisotopic (exact) mass is 422 g/mol. The van der Waals surface area contributed by atoms with Crippen LogP contribution < -0.4 is 15.4 Å². The summed E-state index contributed by atoms with van der Waals surface area (Å²) < 4.78 is 44.1. The van der Waals surface area contributed by atoms with Gasteiger partial charge in [0.05, 0.1) is 16.2 Å². The minimum Gasteiger partial charge on any atom is -0.484 e. The molecule has 0 bridgehead atoms. The lowest BCUT2D eigenvalue weighted by atomic mass is 10.1. The lowest BCUT2D eigenvalue weighted by Crippen LogP contribution is -2.22. The number of carbonyl (C=O) groups excluding carboxylic acids is 3. The summed E-state index contributed by atoms with van der Waals surface area (Å²) in [6.45, 7) is -0.487. The molecule has 0 spiro atoms. The summed E-state index contributed by atoms with van der Waals surface area (Å²) in [5.74, 6) is -0.910. The number of anilines is 1. The maximum Gasteiger partial charge on any atom is 0.418 e. The molecule has 2 N–H and O–H groups in total. The van der Waals surface area contributed by atoms with Crippen LogP contribution in [0, 0.1) is 0 Å². The van der Waals surface area contributed by atoms with E-state index in [0.29, 0.717) is 11.3 Å². The van der Waals surface area contributed by atoms with Gasteiger partial charge < -0.3 is 10.1 Å². The third kappa shape index (κ3) is 5.38. The average Bonchev–Trinajstić information content (AvgIpc) is 2.97. The maximum absolute atomic E-state index is 12.9. The van der Waals surface area contributed by atoms with Gasteiger partial charge in [0.1, 0.15) is 5.75 Å². The number of benzene rings is 2. The molecule has 1 aliphatic rings. The highest BCUT2D eigenvalue weighted by molar-refractivity contribution is 8.18. The van der Waals surface area contributed by atoms with Gasteiger partial charge in [-0.05, 0) is 47.7 Å². The molecule has 3 rings (SSSR count). The SMILES string of the molecule is O=C(COc1ccc(/C=C2\SC(=O)NC2=O)cc1)Nc1ccccc1C(F)(F)F. The number of hydrogen-bond donors (Lipinski definition) is 2. The van der Waals surface area contributed by atoms with Crippen molar-refractivity contribution >= 4 is 40.6 Å². The second kappa shape index (κ2) is 8.39. The number of carbonyl (C=O) groups is 3. The van der Waals surface area contributed by atoms with E-state index in [2.05, 4.69) is 10.6 Å². The van der Waals surface area contributed by atoms with E-state index in [0.717, 1.165) is 23.9 Å². The first-order valence-corrected chi connectivity index (χ1v) is 8.98. The van der Waals surface area contributed by atoms with Gasteiger partial charge in [-0.1, -0.05) is 24.3 Å². The number of amides is 3. The molecular formula is C19H13F3N2O4S. The smallest absolute Gasteiger partial charge is 0.418 e. The predicted molar refractivity (Wildman–Crippen MR) is 101 cm³/mol. The minimum atomic E-state index is -4.59. The summed E-state index contributed by atoms with van der Waals surface area (Å²) in [5, 5.41) is 3.88. The normalized spacial score (nSPS) is 15.3. The van der Waals surface area contributed by atoms with Crippen molar-refractivity contribution in [3.63, 3.8) is 0 Å². The number of nitrogens with one attached hydrogen (secondary N) is 2. The Morgan fingerprint density at radius 3 is 2.41 bits per heavy atom. The van der Waals surface area contributed by atoms with Gasteiger partial charge in [0, 0.05) is 0 Å². The number of halogens is 3. The van der Waals surface area contributed by atoms with E-state index in [9.17, 15) is 27.6 Å². The first kappa shape index (κ1) is 20.5. The van der Waals surface area contributed by atoms with Gasteiger partial charge >= 0.3 is 6.18 Å². The van der Waals surface area contributed by atoms with Crippen LogP contribution in [0.25, 0.3) is 6.08 Å². The zero-order chi connectivity index (χ0) is 21.0. The van der Waals surface area contributed by atoms with Crippen molar-refractivity contribution in [1.82, 2.24) is 5.32 Å². The van der Waals surface area contributed by atoms with Crippen molar-refractivity contribution < 1.29 is 32.3 Å². The number of rotatable bonds is 5. The molecule has 150 valence electrons. The zero-order valence-corrected chi connectivity index (χ0v) is 15.4. The first-order chi connectivity index (χ1) is 13.7. The summed E-state index contributed by atoms with van der Waals surface area (Å²) >= 11 is 0.788. The third-order valence-electron chi connectivity index (χ3n) is 3.70. The van der Waals surface area contributed by atoms with E-state index in [4.69, 9.17) is 4.74 Å². The molecule has 0 aromatic heterocycles. The van der Waals surface area contributed by atoms with Crippen LogP contribution in [-0.2, 0) is 15.8 Å². The number of alkyl halides is 3. The van der Waals surface area contributed by atoms with Gasteiger partial charge in [-0.2, -0.15) is 13.2 Å². The van der Waals surface area contributed by atoms with Crippen LogP contribution in [0.4, 0.5) is 23.7 Å². The van der Waals surface area contributed by atoms with E-state index in [-0.39, 0.29) is 10.6 Å². The summed E-state index contributed by atoms with van der Waals surface area (Å²) in [6, 6.07) is 10.9. The Balaban J connectivity index is 1.58. The third-order valence-corrected chi connectivity index (χ3v) is 4.51. The molecule has 6 nitrogen and oxygen atoms in total. The standard InChI is InChI=1S/C19H13F3N2O4S/c20-19(21,22)13-3-1-2-4-14(13)23-16(25)10-28-12-7-5-11(6-8-12)9-15-17(26)24-18(27)29-15/h1-9H,10H2,(H,23,25)(H,24,26,27)/b15-9-. The fourth-order valence-electron chi connectivity index (χ4n) is 2.41. The fourth-order valence-corrected chi connectivity index (χ4v) is 3.09. The average molecular weight is 422 g/mol. The largest absolute Gasteiger partial charge is 0.484 e. The fraction of sp³-hybridized carbons (Fsp3) is 0.105. The maximum atomic E-state index is 12.9. The van der Waals surface area contributed by atoms with Crippen LogP contribution in [-0.4, -0.2) is 23.7 Å². The van der Waals surface area contributed by atoms with Gasteiger partial charge in [0.2, 0.25) is 0 Å². The molecule has 0 radical (unpaired) electrons. The minimum absolute atomic E-state index is 0.256. The summed E-state index contributed by atoms with van der Waals surface area (Å²) in [5.41, 5.74) is -0.663. The van der Waals surface area contributed by atoms with Crippen molar-refractivity contribution in [2.75, 3.05) is 11.9 Å². The molecule has 2 aromatic carbocycles. The van der Waals surface area contributed by atoms with Crippen molar-refractivity contribution in [3.05, 3.63) is 64.6 Å². The molecule has 0 atom stereocenters. The quantitative estimate of drug-likeness (QED) is 0.711. The van der Waals surface area contributed by atoms with Crippen LogP contribution in [0.2, 0.25) is 0 Å². The van der Waals surface area contributed by atoms with Crippen LogP contribution >= 0.6 is 11.8 Å². The molecule has 0 saturated carbocycles. The van der Waals surface area contributed by atoms with E-state index < -0.39 is 35.4 Å². The second-order valence-electron chi connectivity index (χ2n) is 5.80. The molecule has 1 heterocycles. The molecule has 1 aliphatic heterocycles. The molecule has 2 aromatic rings. The molecular weight excluding hydrogens is 409 g/mol. The Kier molecular flexibility index (Phi) is 5.92. The van der Waals surface area contributed by atoms with Crippen molar-refractivity contribution in [2.45, 2.75) is 6.18 Å². The van der Waals surface area contributed by atoms with Crippen molar-refractivity contribution in [1.29, 1.82) is 0 Å². The lowest BCUT2D eigenvalue weighted by Gasteiger charge is -2.13. The van der Waals surface area contributed by atoms with E-state index in [1.807, 2.05) is 0 Å². The molecule has 1 saturated heterocycles. The van der Waals surface area contributed by atoms with Gasteiger partial charge in [0.15, 0.2) is 6.61 Å². The highest BCUT2D eigenvalue weighted by atomic mass is 32.2. The summed E-state index contributed by atoms with van der Waals surface area (Å²) in [4.78, 5) is 34.8. The molecule has 3 amide bonds. The Morgan fingerprint density at radius 1 is 1.10 bits per heavy atom. The van der Waals surface area contributed by atoms with Crippen LogP contribution in [0.5, 0.6) is 5.75 Å². The lowest BCUT2D eigenvalue weighted by molar-refractivity contribution is -0.137. The Bertz CT molecular complexity index is 988. The molecule has 0 aliphatic carbocycles. The topological polar surface area (TPSA) is 84.5 Å². The van der Waals surface area contributed by atoms with Gasteiger partial charge in [-0.3, -0.25) is 19.7 Å². The Morgan fingerprint density at radius 2 is 1.79 bits per heavy atom. The Hall–Kier alpha value is -3.27. The Labute approximate surface area is 167 Å². The summed E-state index contributed by atoms with van der Waals surface area (Å²) in [7, 11) is 0. The second-order valence-corrected chi connectivity index (χ2v) is 6.82. The van der Waals surface area contributed by atoms with Gasteiger partial charge in [-0.25, -0.2) is 0 Å². The van der Waals surface area contributed by atoms with Gasteiger partial charge in [0.25, 0.3) is 17.1 Å². The van der Waals surface area contributed by atoms with E-state index in [1.54, 1.807) is 12.1 Å². The highest BCUT2D eigenvalue weighted by Crippen LogP contribution is 2.34. The van der Waals surface area contributed by atoms with E-state index in [1.165, 1.54) is 30.3 Å². The van der Waals surface area contributed by atoms with E-state index >= 15 is 0 Å². The molecule has 10 heteroatoms. The van der Waals surface area contributed by atoms with Gasteiger partial charge in [-0.15, -0.1) is 0 Å². The molecule has 29 heavy (non-hydrogen) atoms. The molecule has 0 unspecified atom stereocenters. The number of thioether (sulfide) groups is 1. The van der Waals surface area contributed by atoms with Crippen molar-refractivity contribution in [2.24, 2.45) is 0 Å². The van der Waals surface area contributed by atoms with Crippen LogP contribution in [0.3, 0.4) is 0 Å². The molecule has 1 fully saturated rings. The van der Waals surface area contributed by atoms with Crippen LogP contribution in [0.1, 0.15) is 11.1 Å². The van der Waals surface area contributed by atoms with Crippen molar-refractivity contribution in [3.8, 4) is 5.75 Å². The first-order valence-electron chi connectivity index (χ1n) is 8.16. The number of ether oxygens (including phenoxy) is 1. The number of hydrogen-bond acceptors (Lipinski definition) is 5. The number of para-hydroxylation sites is 1. The zero-order valence-electron chi connectivity index (χ0n) is 14.6. The van der Waals surface area contributed by atoms with Crippen LogP contribution in [0.15, 0.2) is 53.4 Å². The highest BCUT2D eigenvalue weighted by Gasteiger charge is 2.33. The predicted octanol–water partition coefficient (Wildman–Crippen LogP) is 4.05.